The van der Waals surface area contributed by atoms with E-state index in [0.29, 0.717) is 17.2 Å². The first-order valence-electron chi connectivity index (χ1n) is 6.18. The second-order valence-corrected chi connectivity index (χ2v) is 4.75. The summed E-state index contributed by atoms with van der Waals surface area (Å²) in [6.07, 6.45) is 0. The number of aromatic nitrogens is 2. The third-order valence-electron chi connectivity index (χ3n) is 3.15. The number of H-pyrrole nitrogens is 2. The first kappa shape index (κ1) is 13.9. The molecule has 1 heterocycles. The van der Waals surface area contributed by atoms with E-state index in [0.717, 1.165) is 5.56 Å². The van der Waals surface area contributed by atoms with Gasteiger partial charge in [0, 0.05) is 5.56 Å². The highest BCUT2D eigenvalue weighted by atomic mass is 16.5. The fourth-order valence-electron chi connectivity index (χ4n) is 2.04. The Morgan fingerprint density at radius 3 is 2.55 bits per heavy atom. The summed E-state index contributed by atoms with van der Waals surface area (Å²) in [6.45, 7) is 4.10. The van der Waals surface area contributed by atoms with Gasteiger partial charge in [-0.05, 0) is 23.6 Å². The van der Waals surface area contributed by atoms with Crippen molar-refractivity contribution in [3.63, 3.8) is 0 Å². The summed E-state index contributed by atoms with van der Waals surface area (Å²) in [5.74, 6) is -0.436. The average molecular weight is 276 g/mol. The lowest BCUT2D eigenvalue weighted by atomic mass is 9.98. The molecular formula is C14H16N2O4. The molecule has 0 radical (unpaired) electrons. The molecule has 0 aliphatic rings. The van der Waals surface area contributed by atoms with Gasteiger partial charge in [-0.3, -0.25) is 15.0 Å². The smallest absolute Gasteiger partial charge is 0.343 e. The summed E-state index contributed by atoms with van der Waals surface area (Å²) >= 11 is 0. The Balaban J connectivity index is 2.64. The van der Waals surface area contributed by atoms with Crippen molar-refractivity contribution in [2.75, 3.05) is 7.11 Å². The maximum Gasteiger partial charge on any atom is 0.343 e. The fourth-order valence-corrected chi connectivity index (χ4v) is 2.04. The number of carbonyl (C=O) groups is 1. The molecule has 0 amide bonds. The zero-order chi connectivity index (χ0) is 14.9. The number of hydrogen-bond donors (Lipinski definition) is 3. The number of nitrogens with one attached hydrogen (secondary N) is 2. The van der Waals surface area contributed by atoms with E-state index in [2.05, 4.69) is 24.0 Å². The minimum Gasteiger partial charge on any atom is -0.496 e. The molecule has 1 aromatic carbocycles. The lowest BCUT2D eigenvalue weighted by Crippen LogP contribution is -2.12. The van der Waals surface area contributed by atoms with Crippen molar-refractivity contribution in [2.24, 2.45) is 0 Å². The molecule has 6 nitrogen and oxygen atoms in total. The lowest BCUT2D eigenvalue weighted by molar-refractivity contribution is 0.0696. The minimum atomic E-state index is -1.28. The summed E-state index contributed by atoms with van der Waals surface area (Å²) in [5, 5.41) is 14.0. The topological polar surface area (TPSA) is 95.2 Å². The van der Waals surface area contributed by atoms with Gasteiger partial charge >= 0.3 is 5.97 Å². The molecule has 0 saturated carbocycles. The molecule has 0 saturated heterocycles. The van der Waals surface area contributed by atoms with Gasteiger partial charge in [-0.1, -0.05) is 19.9 Å². The molecule has 20 heavy (non-hydrogen) atoms. The van der Waals surface area contributed by atoms with Crippen molar-refractivity contribution < 1.29 is 14.6 Å². The maximum atomic E-state index is 11.5. The van der Waals surface area contributed by atoms with E-state index < -0.39 is 11.5 Å². The first-order chi connectivity index (χ1) is 9.45. The third kappa shape index (κ3) is 2.32. The SMILES string of the molecule is COc1cc(C(C)C)ccc1-c1[nH][nH]c(=O)c1C(=O)O. The van der Waals surface area contributed by atoms with E-state index in [-0.39, 0.29) is 11.3 Å². The van der Waals surface area contributed by atoms with E-state index in [4.69, 9.17) is 9.84 Å². The van der Waals surface area contributed by atoms with Crippen molar-refractivity contribution in [3.05, 3.63) is 39.7 Å². The average Bonchev–Trinajstić information content (AvgIpc) is 2.79. The van der Waals surface area contributed by atoms with Gasteiger partial charge in [-0.15, -0.1) is 0 Å². The van der Waals surface area contributed by atoms with Crippen LogP contribution in [0, 0.1) is 0 Å². The van der Waals surface area contributed by atoms with Crippen molar-refractivity contribution in [1.82, 2.24) is 10.2 Å². The number of benzene rings is 1. The molecule has 0 atom stereocenters. The van der Waals surface area contributed by atoms with Gasteiger partial charge in [-0.2, -0.15) is 0 Å². The normalized spacial score (nSPS) is 10.8. The Hall–Kier alpha value is -2.50. The molecule has 3 N–H and O–H groups in total. The van der Waals surface area contributed by atoms with Gasteiger partial charge in [0.25, 0.3) is 5.56 Å². The number of aromatic amines is 2. The third-order valence-corrected chi connectivity index (χ3v) is 3.15. The first-order valence-corrected chi connectivity index (χ1v) is 6.18. The molecule has 1 aromatic heterocycles. The van der Waals surface area contributed by atoms with Gasteiger partial charge in [-0.25, -0.2) is 4.79 Å². The largest absolute Gasteiger partial charge is 0.496 e. The van der Waals surface area contributed by atoms with Gasteiger partial charge in [0.05, 0.1) is 12.8 Å². The van der Waals surface area contributed by atoms with Crippen molar-refractivity contribution in [1.29, 1.82) is 0 Å². The molecule has 0 aliphatic heterocycles. The quantitative estimate of drug-likeness (QED) is 0.797. The van der Waals surface area contributed by atoms with Crippen LogP contribution < -0.4 is 10.3 Å². The van der Waals surface area contributed by atoms with Gasteiger partial charge in [0.1, 0.15) is 5.75 Å². The highest BCUT2D eigenvalue weighted by Crippen LogP contribution is 2.32. The molecular weight excluding hydrogens is 260 g/mol. The number of carboxylic acids is 1. The Morgan fingerprint density at radius 2 is 2.00 bits per heavy atom. The predicted octanol–water partition coefficient (Wildman–Crippen LogP) is 2.20. The van der Waals surface area contributed by atoms with Crippen LogP contribution in [0.1, 0.15) is 35.7 Å². The molecule has 106 valence electrons. The molecule has 0 spiro atoms. The fraction of sp³-hybridized carbons (Fsp3) is 0.286. The van der Waals surface area contributed by atoms with E-state index >= 15 is 0 Å². The van der Waals surface area contributed by atoms with Crippen LogP contribution in [0.2, 0.25) is 0 Å². The second kappa shape index (κ2) is 5.24. The number of carboxylic acid groups (broad SMARTS) is 1. The predicted molar refractivity (Wildman–Crippen MR) is 74.4 cm³/mol. The lowest BCUT2D eigenvalue weighted by Gasteiger charge is -2.12. The summed E-state index contributed by atoms with van der Waals surface area (Å²) in [5.41, 5.74) is 0.839. The molecule has 0 fully saturated rings. The molecule has 2 rings (SSSR count). The van der Waals surface area contributed by atoms with Crippen molar-refractivity contribution in [2.45, 2.75) is 19.8 Å². The zero-order valence-electron chi connectivity index (χ0n) is 11.5. The minimum absolute atomic E-state index is 0.217. The summed E-state index contributed by atoms with van der Waals surface area (Å²) in [7, 11) is 1.51. The van der Waals surface area contributed by atoms with Crippen LogP contribution in [-0.4, -0.2) is 28.4 Å². The monoisotopic (exact) mass is 276 g/mol. The number of hydrogen-bond acceptors (Lipinski definition) is 3. The second-order valence-electron chi connectivity index (χ2n) is 4.75. The van der Waals surface area contributed by atoms with E-state index in [9.17, 15) is 9.59 Å². The van der Waals surface area contributed by atoms with Crippen LogP contribution in [0.5, 0.6) is 5.75 Å². The number of rotatable bonds is 4. The molecule has 6 heteroatoms. The summed E-state index contributed by atoms with van der Waals surface area (Å²) in [6, 6.07) is 5.48. The maximum absolute atomic E-state index is 11.5. The van der Waals surface area contributed by atoms with E-state index in [1.54, 1.807) is 6.07 Å². The standard InChI is InChI=1S/C14H16N2O4/c1-7(2)8-4-5-9(10(6-8)20-3)12-11(14(18)19)13(17)16-15-12/h4-7H,1-3H3,(H,18,19)(H2,15,16,17). The van der Waals surface area contributed by atoms with Crippen molar-refractivity contribution >= 4 is 5.97 Å². The number of aromatic carboxylic acids is 1. The molecule has 2 aromatic rings. The Bertz CT molecular complexity index is 697. The van der Waals surface area contributed by atoms with Crippen molar-refractivity contribution in [3.8, 4) is 17.0 Å². The Labute approximate surface area is 115 Å². The van der Waals surface area contributed by atoms with Gasteiger partial charge in [0.15, 0.2) is 5.56 Å². The highest BCUT2D eigenvalue weighted by Gasteiger charge is 2.21. The zero-order valence-corrected chi connectivity index (χ0v) is 11.5. The summed E-state index contributed by atoms with van der Waals surface area (Å²) in [4.78, 5) is 22.7. The van der Waals surface area contributed by atoms with Gasteiger partial charge < -0.3 is 9.84 Å². The van der Waals surface area contributed by atoms with Gasteiger partial charge in [0.2, 0.25) is 0 Å². The van der Waals surface area contributed by atoms with Crippen LogP contribution in [0.25, 0.3) is 11.3 Å². The number of methoxy groups -OCH3 is 1. The van der Waals surface area contributed by atoms with Crippen LogP contribution in [0.4, 0.5) is 0 Å². The highest BCUT2D eigenvalue weighted by molar-refractivity contribution is 5.95. The molecule has 0 bridgehead atoms. The van der Waals surface area contributed by atoms with E-state index in [1.165, 1.54) is 7.11 Å². The Morgan fingerprint density at radius 1 is 1.30 bits per heavy atom. The molecule has 0 aliphatic carbocycles. The van der Waals surface area contributed by atoms with E-state index in [1.807, 2.05) is 12.1 Å². The summed E-state index contributed by atoms with van der Waals surface area (Å²) < 4.78 is 5.31. The Kier molecular flexibility index (Phi) is 3.65. The van der Waals surface area contributed by atoms with Crippen LogP contribution in [0.15, 0.2) is 23.0 Å². The van der Waals surface area contributed by atoms with Crippen LogP contribution in [-0.2, 0) is 0 Å². The van der Waals surface area contributed by atoms with Crippen LogP contribution >= 0.6 is 0 Å². The van der Waals surface area contributed by atoms with Crippen LogP contribution in [0.3, 0.4) is 0 Å². The number of ether oxygens (including phenoxy) is 1. The molecule has 0 unspecified atom stereocenters.